The molecule has 1 aliphatic rings. The molecule has 2 nitrogen and oxygen atoms in total. The van der Waals surface area contributed by atoms with E-state index in [1.54, 1.807) is 7.11 Å². The molecule has 1 aromatic carbocycles. The summed E-state index contributed by atoms with van der Waals surface area (Å²) >= 11 is 0. The average Bonchev–Trinajstić information content (AvgIpc) is 2.48. The van der Waals surface area contributed by atoms with Gasteiger partial charge in [0, 0.05) is 12.3 Å². The predicted octanol–water partition coefficient (Wildman–Crippen LogP) is 4.73. The van der Waals surface area contributed by atoms with Gasteiger partial charge in [-0.15, -0.1) is 0 Å². The van der Waals surface area contributed by atoms with Crippen LogP contribution in [0, 0.1) is 5.92 Å². The third-order valence-corrected chi connectivity index (χ3v) is 4.48. The fourth-order valence-electron chi connectivity index (χ4n) is 3.21. The second-order valence-corrected chi connectivity index (χ2v) is 5.94. The molecule has 0 spiro atoms. The molecule has 2 atom stereocenters. The number of benzene rings is 1. The van der Waals surface area contributed by atoms with Crippen LogP contribution in [0.3, 0.4) is 0 Å². The largest absolute Gasteiger partial charge is 0.497 e. The molecule has 0 saturated heterocycles. The second-order valence-electron chi connectivity index (χ2n) is 5.94. The van der Waals surface area contributed by atoms with Gasteiger partial charge in [-0.05, 0) is 36.5 Å². The van der Waals surface area contributed by atoms with Crippen molar-refractivity contribution in [3.63, 3.8) is 0 Å². The minimum Gasteiger partial charge on any atom is -0.497 e. The van der Waals surface area contributed by atoms with Gasteiger partial charge in [-0.3, -0.25) is 4.79 Å². The Kier molecular flexibility index (Phi) is 5.63. The monoisotopic (exact) mass is 274 g/mol. The lowest BCUT2D eigenvalue weighted by Crippen LogP contribution is -2.23. The van der Waals surface area contributed by atoms with Gasteiger partial charge in [0.2, 0.25) is 0 Å². The third-order valence-electron chi connectivity index (χ3n) is 4.48. The zero-order chi connectivity index (χ0) is 14.4. The number of unbranched alkanes of at least 4 members (excludes halogenated alkanes) is 2. The molecule has 0 aromatic heterocycles. The molecule has 0 amide bonds. The van der Waals surface area contributed by atoms with Crippen molar-refractivity contribution in [1.29, 1.82) is 0 Å². The Hall–Kier alpha value is -1.31. The van der Waals surface area contributed by atoms with Crippen LogP contribution in [-0.4, -0.2) is 12.9 Å². The first-order valence-corrected chi connectivity index (χ1v) is 7.91. The number of Topliss-reactive ketones (excluding diaryl/α,β-unsaturated/α-hetero) is 1. The molecule has 1 fully saturated rings. The Bertz CT molecular complexity index is 422. The summed E-state index contributed by atoms with van der Waals surface area (Å²) in [7, 11) is 1.67. The maximum atomic E-state index is 12.4. The van der Waals surface area contributed by atoms with E-state index in [9.17, 15) is 4.79 Å². The van der Waals surface area contributed by atoms with Crippen molar-refractivity contribution in [1.82, 2.24) is 0 Å². The van der Waals surface area contributed by atoms with Crippen molar-refractivity contribution < 1.29 is 9.53 Å². The molecule has 1 aliphatic carbocycles. The van der Waals surface area contributed by atoms with Gasteiger partial charge >= 0.3 is 0 Å². The van der Waals surface area contributed by atoms with E-state index >= 15 is 0 Å². The number of carbonyl (C=O) groups excluding carboxylic acids is 1. The van der Waals surface area contributed by atoms with Crippen molar-refractivity contribution in [2.24, 2.45) is 5.92 Å². The first kappa shape index (κ1) is 15.1. The van der Waals surface area contributed by atoms with Crippen molar-refractivity contribution in [3.8, 4) is 5.75 Å². The van der Waals surface area contributed by atoms with E-state index in [0.717, 1.165) is 24.2 Å². The van der Waals surface area contributed by atoms with Gasteiger partial charge in [0.25, 0.3) is 0 Å². The first-order valence-electron chi connectivity index (χ1n) is 7.91. The van der Waals surface area contributed by atoms with Crippen LogP contribution in [0.5, 0.6) is 5.75 Å². The molecule has 0 radical (unpaired) electrons. The van der Waals surface area contributed by atoms with Crippen molar-refractivity contribution in [2.45, 2.75) is 57.8 Å². The summed E-state index contributed by atoms with van der Waals surface area (Å²) in [5.74, 6) is 2.03. The molecule has 0 heterocycles. The lowest BCUT2D eigenvalue weighted by Gasteiger charge is -2.27. The normalized spacial score (nSPS) is 22.8. The van der Waals surface area contributed by atoms with Crippen molar-refractivity contribution >= 4 is 5.78 Å². The average molecular weight is 274 g/mol. The smallest absolute Gasteiger partial charge is 0.140 e. The van der Waals surface area contributed by atoms with Gasteiger partial charge in [-0.2, -0.15) is 0 Å². The zero-order valence-corrected chi connectivity index (χ0v) is 12.7. The highest BCUT2D eigenvalue weighted by atomic mass is 16.5. The van der Waals surface area contributed by atoms with E-state index in [1.807, 2.05) is 24.3 Å². The van der Waals surface area contributed by atoms with Crippen LogP contribution in [0.4, 0.5) is 0 Å². The van der Waals surface area contributed by atoms with Crippen LogP contribution in [0.15, 0.2) is 24.3 Å². The van der Waals surface area contributed by atoms with Crippen LogP contribution in [-0.2, 0) is 4.79 Å². The number of hydrogen-bond donors (Lipinski definition) is 0. The van der Waals surface area contributed by atoms with Crippen LogP contribution < -0.4 is 4.74 Å². The highest BCUT2D eigenvalue weighted by Crippen LogP contribution is 2.35. The fraction of sp³-hybridized carbons (Fsp3) is 0.611. The highest BCUT2D eigenvalue weighted by Gasteiger charge is 2.29. The summed E-state index contributed by atoms with van der Waals surface area (Å²) in [6.07, 6.45) is 8.06. The van der Waals surface area contributed by atoms with E-state index in [2.05, 4.69) is 6.92 Å². The van der Waals surface area contributed by atoms with Crippen LogP contribution in [0.1, 0.15) is 63.4 Å². The molecular weight excluding hydrogens is 248 g/mol. The zero-order valence-electron chi connectivity index (χ0n) is 12.7. The Morgan fingerprint density at radius 2 is 1.90 bits per heavy atom. The fourth-order valence-corrected chi connectivity index (χ4v) is 3.21. The van der Waals surface area contributed by atoms with Gasteiger partial charge in [-0.1, -0.05) is 44.7 Å². The summed E-state index contributed by atoms with van der Waals surface area (Å²) in [5.41, 5.74) is 1.16. The van der Waals surface area contributed by atoms with Crippen LogP contribution in [0.2, 0.25) is 0 Å². The molecule has 1 saturated carbocycles. The number of carbonyl (C=O) groups is 1. The Labute approximate surface area is 122 Å². The Balaban J connectivity index is 1.90. The predicted molar refractivity (Wildman–Crippen MR) is 82.2 cm³/mol. The topological polar surface area (TPSA) is 26.3 Å². The Morgan fingerprint density at radius 1 is 1.15 bits per heavy atom. The van der Waals surface area contributed by atoms with Gasteiger partial charge in [0.1, 0.15) is 11.5 Å². The SMILES string of the molecule is CCCCC[C@H]1CC[C@H](c2ccc(OC)cc2)C(=O)C1. The standard InChI is InChI=1S/C18H26O2/c1-3-4-5-6-14-7-12-17(18(19)13-14)15-8-10-16(20-2)11-9-15/h8-11,14,17H,3-7,12-13H2,1-2H3/t14-,17+/m0/s1. The number of methoxy groups -OCH3 is 1. The minimum atomic E-state index is 0.114. The molecule has 0 N–H and O–H groups in total. The van der Waals surface area contributed by atoms with Gasteiger partial charge < -0.3 is 4.74 Å². The molecule has 0 bridgehead atoms. The summed E-state index contributed by atoms with van der Waals surface area (Å²) in [5, 5.41) is 0. The molecule has 20 heavy (non-hydrogen) atoms. The van der Waals surface area contributed by atoms with E-state index in [-0.39, 0.29) is 5.92 Å². The van der Waals surface area contributed by atoms with E-state index in [1.165, 1.54) is 32.1 Å². The van der Waals surface area contributed by atoms with Crippen molar-refractivity contribution in [3.05, 3.63) is 29.8 Å². The second kappa shape index (κ2) is 7.47. The third kappa shape index (κ3) is 3.84. The van der Waals surface area contributed by atoms with Gasteiger partial charge in [0.15, 0.2) is 0 Å². The maximum Gasteiger partial charge on any atom is 0.140 e. The van der Waals surface area contributed by atoms with Crippen LogP contribution in [0.25, 0.3) is 0 Å². The van der Waals surface area contributed by atoms with E-state index < -0.39 is 0 Å². The summed E-state index contributed by atoms with van der Waals surface area (Å²) < 4.78 is 5.17. The summed E-state index contributed by atoms with van der Waals surface area (Å²) in [6.45, 7) is 2.23. The van der Waals surface area contributed by atoms with E-state index in [4.69, 9.17) is 4.74 Å². The molecule has 1 aromatic rings. The number of rotatable bonds is 6. The minimum absolute atomic E-state index is 0.114. The van der Waals surface area contributed by atoms with Gasteiger partial charge in [0.05, 0.1) is 7.11 Å². The lowest BCUT2D eigenvalue weighted by molar-refractivity contribution is -0.123. The summed E-state index contributed by atoms with van der Waals surface area (Å²) in [4.78, 5) is 12.4. The lowest BCUT2D eigenvalue weighted by atomic mass is 9.76. The molecule has 110 valence electrons. The van der Waals surface area contributed by atoms with Crippen LogP contribution >= 0.6 is 0 Å². The highest BCUT2D eigenvalue weighted by molar-refractivity contribution is 5.86. The van der Waals surface area contributed by atoms with E-state index in [0.29, 0.717) is 11.7 Å². The number of ether oxygens (including phenoxy) is 1. The number of hydrogen-bond acceptors (Lipinski definition) is 2. The number of ketones is 1. The van der Waals surface area contributed by atoms with Gasteiger partial charge in [-0.25, -0.2) is 0 Å². The maximum absolute atomic E-state index is 12.4. The first-order chi connectivity index (χ1) is 9.74. The molecule has 2 rings (SSSR count). The molecule has 0 unspecified atom stereocenters. The van der Waals surface area contributed by atoms with Crippen molar-refractivity contribution in [2.75, 3.05) is 7.11 Å². The summed E-state index contributed by atoms with van der Waals surface area (Å²) in [6, 6.07) is 7.99. The Morgan fingerprint density at radius 3 is 2.50 bits per heavy atom. The molecular formula is C18H26O2. The molecule has 2 heteroatoms. The molecule has 0 aliphatic heterocycles. The quantitative estimate of drug-likeness (QED) is 0.701.